The zero-order chi connectivity index (χ0) is 13.0. The Hall–Kier alpha value is -1.32. The van der Waals surface area contributed by atoms with Crippen LogP contribution in [0.5, 0.6) is 5.75 Å². The molecule has 3 heteroatoms. The quantitative estimate of drug-likeness (QED) is 0.639. The maximum atomic E-state index is 5.66. The largest absolute Gasteiger partial charge is 0.406 e. The molecule has 0 radical (unpaired) electrons. The van der Waals surface area contributed by atoms with Gasteiger partial charge in [-0.1, -0.05) is 32.1 Å². The SMILES string of the molecule is C=CC1CCC(NOc2cccc(C(C)C)c2)O1. The molecule has 1 aromatic carbocycles. The Morgan fingerprint density at radius 1 is 1.44 bits per heavy atom. The fourth-order valence-corrected chi connectivity index (χ4v) is 1.99. The molecule has 0 saturated carbocycles. The van der Waals surface area contributed by atoms with Crippen LogP contribution < -0.4 is 10.3 Å². The molecule has 0 aliphatic carbocycles. The van der Waals surface area contributed by atoms with Crippen molar-refractivity contribution in [3.05, 3.63) is 42.5 Å². The molecule has 3 nitrogen and oxygen atoms in total. The number of rotatable bonds is 5. The minimum Gasteiger partial charge on any atom is -0.406 e. The normalized spacial score (nSPS) is 23.3. The van der Waals surface area contributed by atoms with Crippen LogP contribution in [0, 0.1) is 0 Å². The molecule has 2 unspecified atom stereocenters. The average Bonchev–Trinajstić information content (AvgIpc) is 2.84. The number of nitrogens with one attached hydrogen (secondary N) is 1. The van der Waals surface area contributed by atoms with E-state index in [4.69, 9.17) is 9.57 Å². The molecule has 1 aliphatic rings. The van der Waals surface area contributed by atoms with Gasteiger partial charge in [-0.3, -0.25) is 0 Å². The maximum absolute atomic E-state index is 5.66. The van der Waals surface area contributed by atoms with E-state index in [1.54, 1.807) is 0 Å². The molecule has 1 heterocycles. The molecule has 1 N–H and O–H groups in total. The highest BCUT2D eigenvalue weighted by Gasteiger charge is 2.23. The van der Waals surface area contributed by atoms with Gasteiger partial charge in [-0.15, -0.1) is 12.1 Å². The van der Waals surface area contributed by atoms with Crippen LogP contribution in [0.2, 0.25) is 0 Å². The topological polar surface area (TPSA) is 30.5 Å². The monoisotopic (exact) mass is 247 g/mol. The Morgan fingerprint density at radius 2 is 2.28 bits per heavy atom. The van der Waals surface area contributed by atoms with E-state index in [9.17, 15) is 0 Å². The second-order valence-corrected chi connectivity index (χ2v) is 4.92. The van der Waals surface area contributed by atoms with E-state index in [1.807, 2.05) is 18.2 Å². The minimum atomic E-state index is -0.0456. The first kappa shape index (κ1) is 13.1. The fraction of sp³-hybridized carbons (Fsp3) is 0.467. The summed E-state index contributed by atoms with van der Waals surface area (Å²) in [6.45, 7) is 8.07. The molecule has 98 valence electrons. The Balaban J connectivity index is 1.87. The van der Waals surface area contributed by atoms with Crippen LogP contribution in [0.4, 0.5) is 0 Å². The van der Waals surface area contributed by atoms with E-state index in [-0.39, 0.29) is 12.3 Å². The Labute approximate surface area is 109 Å². The lowest BCUT2D eigenvalue weighted by atomic mass is 10.0. The van der Waals surface area contributed by atoms with E-state index >= 15 is 0 Å². The van der Waals surface area contributed by atoms with Gasteiger partial charge in [0, 0.05) is 0 Å². The highest BCUT2D eigenvalue weighted by atomic mass is 16.7. The smallest absolute Gasteiger partial charge is 0.147 e. The molecule has 1 fully saturated rings. The number of hydroxylamine groups is 1. The van der Waals surface area contributed by atoms with Crippen LogP contribution in [0.15, 0.2) is 36.9 Å². The second kappa shape index (κ2) is 6.03. The summed E-state index contributed by atoms with van der Waals surface area (Å²) < 4.78 is 5.66. The molecule has 1 aromatic rings. The van der Waals surface area contributed by atoms with Gasteiger partial charge < -0.3 is 9.57 Å². The zero-order valence-corrected chi connectivity index (χ0v) is 11.1. The maximum Gasteiger partial charge on any atom is 0.147 e. The average molecular weight is 247 g/mol. The van der Waals surface area contributed by atoms with Gasteiger partial charge in [0.2, 0.25) is 0 Å². The molecule has 1 saturated heterocycles. The van der Waals surface area contributed by atoms with E-state index in [1.165, 1.54) is 5.56 Å². The van der Waals surface area contributed by atoms with Crippen molar-refractivity contribution in [1.29, 1.82) is 0 Å². The van der Waals surface area contributed by atoms with Crippen LogP contribution >= 0.6 is 0 Å². The van der Waals surface area contributed by atoms with Crippen molar-refractivity contribution in [1.82, 2.24) is 5.48 Å². The van der Waals surface area contributed by atoms with Crippen molar-refractivity contribution in [3.63, 3.8) is 0 Å². The summed E-state index contributed by atoms with van der Waals surface area (Å²) in [7, 11) is 0. The summed E-state index contributed by atoms with van der Waals surface area (Å²) in [5, 5.41) is 0. The van der Waals surface area contributed by atoms with E-state index in [0.717, 1.165) is 18.6 Å². The van der Waals surface area contributed by atoms with Gasteiger partial charge in [-0.25, -0.2) is 0 Å². The number of ether oxygens (including phenoxy) is 1. The molecular weight excluding hydrogens is 226 g/mol. The van der Waals surface area contributed by atoms with Gasteiger partial charge in [0.25, 0.3) is 0 Å². The van der Waals surface area contributed by atoms with Crippen LogP contribution in [0.3, 0.4) is 0 Å². The first-order valence-corrected chi connectivity index (χ1v) is 6.49. The third-order valence-corrected chi connectivity index (χ3v) is 3.15. The van der Waals surface area contributed by atoms with Crippen molar-refractivity contribution >= 4 is 0 Å². The van der Waals surface area contributed by atoms with E-state index < -0.39 is 0 Å². The van der Waals surface area contributed by atoms with Gasteiger partial charge in [0.05, 0.1) is 6.10 Å². The molecule has 0 bridgehead atoms. The second-order valence-electron chi connectivity index (χ2n) is 4.92. The van der Waals surface area contributed by atoms with Crippen LogP contribution in [-0.2, 0) is 4.74 Å². The summed E-state index contributed by atoms with van der Waals surface area (Å²) >= 11 is 0. The molecule has 0 spiro atoms. The predicted octanol–water partition coefficient (Wildman–Crippen LogP) is 3.38. The Bertz CT molecular complexity index is 403. The minimum absolute atomic E-state index is 0.0456. The summed E-state index contributed by atoms with van der Waals surface area (Å²) in [4.78, 5) is 5.56. The lowest BCUT2D eigenvalue weighted by Crippen LogP contribution is -2.31. The van der Waals surface area contributed by atoms with Crippen LogP contribution in [0.25, 0.3) is 0 Å². The molecule has 0 aromatic heterocycles. The molecule has 2 atom stereocenters. The van der Waals surface area contributed by atoms with Gasteiger partial charge >= 0.3 is 0 Å². The lowest BCUT2D eigenvalue weighted by Gasteiger charge is -2.15. The molecule has 18 heavy (non-hydrogen) atoms. The zero-order valence-electron chi connectivity index (χ0n) is 11.1. The highest BCUT2D eigenvalue weighted by Crippen LogP contribution is 2.21. The molecule has 2 rings (SSSR count). The van der Waals surface area contributed by atoms with Crippen LogP contribution in [-0.4, -0.2) is 12.3 Å². The predicted molar refractivity (Wildman–Crippen MR) is 72.4 cm³/mol. The molecule has 1 aliphatic heterocycles. The van der Waals surface area contributed by atoms with Gasteiger partial charge in [0.15, 0.2) is 0 Å². The summed E-state index contributed by atoms with van der Waals surface area (Å²) in [6.07, 6.45) is 3.88. The van der Waals surface area contributed by atoms with Crippen molar-refractivity contribution < 1.29 is 9.57 Å². The summed E-state index contributed by atoms with van der Waals surface area (Å²) in [6, 6.07) is 8.11. The van der Waals surface area contributed by atoms with Gasteiger partial charge in [0.1, 0.15) is 12.0 Å². The Morgan fingerprint density at radius 3 is 2.94 bits per heavy atom. The number of benzene rings is 1. The molecule has 0 amide bonds. The third kappa shape index (κ3) is 3.34. The first-order valence-electron chi connectivity index (χ1n) is 6.49. The number of hydrogen-bond acceptors (Lipinski definition) is 3. The van der Waals surface area contributed by atoms with Crippen molar-refractivity contribution in [3.8, 4) is 5.75 Å². The van der Waals surface area contributed by atoms with Crippen molar-refractivity contribution in [2.75, 3.05) is 0 Å². The lowest BCUT2D eigenvalue weighted by molar-refractivity contribution is -0.0216. The molecular formula is C15H21NO2. The summed E-state index contributed by atoms with van der Waals surface area (Å²) in [5.41, 5.74) is 4.23. The van der Waals surface area contributed by atoms with Gasteiger partial charge in [-0.2, -0.15) is 0 Å². The highest BCUT2D eigenvalue weighted by molar-refractivity contribution is 5.30. The van der Waals surface area contributed by atoms with Crippen molar-refractivity contribution in [2.45, 2.75) is 44.9 Å². The van der Waals surface area contributed by atoms with Crippen molar-refractivity contribution in [2.24, 2.45) is 0 Å². The fourth-order valence-electron chi connectivity index (χ4n) is 1.99. The summed E-state index contributed by atoms with van der Waals surface area (Å²) in [5.74, 6) is 1.33. The number of hydrogen-bond donors (Lipinski definition) is 1. The Kier molecular flexibility index (Phi) is 4.39. The third-order valence-electron chi connectivity index (χ3n) is 3.15. The van der Waals surface area contributed by atoms with E-state index in [2.05, 4.69) is 38.0 Å². The standard InChI is InChI=1S/C15H21NO2/c1-4-13-8-9-15(17-13)16-18-14-7-5-6-12(10-14)11(2)3/h4-7,10-11,13,15-16H,1,8-9H2,2-3H3. The van der Waals surface area contributed by atoms with Gasteiger partial charge in [-0.05, 0) is 36.5 Å². The van der Waals surface area contributed by atoms with E-state index in [0.29, 0.717) is 5.92 Å². The van der Waals surface area contributed by atoms with Crippen LogP contribution in [0.1, 0.15) is 38.2 Å². The first-order chi connectivity index (χ1) is 8.69.